The number of hydrogen-bond acceptors (Lipinski definition) is 4. The van der Waals surface area contributed by atoms with Crippen molar-refractivity contribution in [3.05, 3.63) is 40.8 Å². The number of ether oxygens (including phenoxy) is 2. The zero-order valence-corrected chi connectivity index (χ0v) is 11.9. The minimum atomic E-state index is -0.558. The topological polar surface area (TPSA) is 83.5 Å². The summed E-state index contributed by atoms with van der Waals surface area (Å²) in [6.45, 7) is 3.29. The molecule has 1 amide bonds. The Bertz CT molecular complexity index is 694. The number of aromatic nitrogens is 1. The summed E-state index contributed by atoms with van der Waals surface area (Å²) < 4.78 is 12.2. The summed E-state index contributed by atoms with van der Waals surface area (Å²) in [7, 11) is 0. The van der Waals surface area contributed by atoms with Crippen LogP contribution in [0.5, 0.6) is 5.75 Å². The average Bonchev–Trinajstić information content (AvgIpc) is 2.47. The van der Waals surface area contributed by atoms with Crippen LogP contribution in [0.3, 0.4) is 0 Å². The van der Waals surface area contributed by atoms with Crippen molar-refractivity contribution in [2.45, 2.75) is 13.5 Å². The Morgan fingerprint density at radius 1 is 1.29 bits per heavy atom. The second kappa shape index (κ2) is 6.90. The van der Waals surface area contributed by atoms with E-state index < -0.39 is 5.91 Å². The Labute approximate surface area is 122 Å². The van der Waals surface area contributed by atoms with Gasteiger partial charge in [-0.15, -0.1) is 0 Å². The van der Waals surface area contributed by atoms with E-state index in [2.05, 4.69) is 0 Å². The fourth-order valence-corrected chi connectivity index (χ4v) is 2.05. The Kier molecular flexibility index (Phi) is 4.94. The average molecular weight is 290 g/mol. The Morgan fingerprint density at radius 3 is 2.81 bits per heavy atom. The van der Waals surface area contributed by atoms with Crippen LogP contribution in [0.1, 0.15) is 6.92 Å². The third kappa shape index (κ3) is 3.61. The van der Waals surface area contributed by atoms with Crippen molar-refractivity contribution in [3.8, 4) is 5.75 Å². The minimum absolute atomic E-state index is 0.114. The molecule has 21 heavy (non-hydrogen) atoms. The lowest BCUT2D eigenvalue weighted by atomic mass is 10.1. The maximum absolute atomic E-state index is 12.4. The number of rotatable bonds is 7. The normalized spacial score (nSPS) is 10.7. The zero-order chi connectivity index (χ0) is 15.2. The molecular formula is C15H18N2O4. The van der Waals surface area contributed by atoms with E-state index in [9.17, 15) is 9.59 Å². The van der Waals surface area contributed by atoms with E-state index in [0.717, 1.165) is 0 Å². The highest BCUT2D eigenvalue weighted by Crippen LogP contribution is 2.22. The Morgan fingerprint density at radius 2 is 2.10 bits per heavy atom. The molecule has 112 valence electrons. The molecule has 1 heterocycles. The van der Waals surface area contributed by atoms with E-state index in [-0.39, 0.29) is 12.2 Å². The highest BCUT2D eigenvalue weighted by molar-refractivity contribution is 5.87. The van der Waals surface area contributed by atoms with Crippen molar-refractivity contribution >= 4 is 16.7 Å². The van der Waals surface area contributed by atoms with Crippen molar-refractivity contribution in [2.24, 2.45) is 5.73 Å². The zero-order valence-electron chi connectivity index (χ0n) is 11.9. The lowest BCUT2D eigenvalue weighted by Gasteiger charge is -2.10. The smallest absolute Gasteiger partial charge is 0.258 e. The van der Waals surface area contributed by atoms with Crippen molar-refractivity contribution in [1.29, 1.82) is 0 Å². The summed E-state index contributed by atoms with van der Waals surface area (Å²) in [4.78, 5) is 23.2. The maximum Gasteiger partial charge on any atom is 0.258 e. The lowest BCUT2D eigenvalue weighted by molar-refractivity contribution is -0.119. The second-order valence-corrected chi connectivity index (χ2v) is 4.48. The molecule has 0 aliphatic carbocycles. The molecule has 0 atom stereocenters. The number of benzene rings is 1. The van der Waals surface area contributed by atoms with Crippen molar-refractivity contribution < 1.29 is 14.3 Å². The van der Waals surface area contributed by atoms with Gasteiger partial charge in [-0.3, -0.25) is 9.59 Å². The molecule has 0 unspecified atom stereocenters. The van der Waals surface area contributed by atoms with Crippen molar-refractivity contribution in [2.75, 3.05) is 19.8 Å². The van der Waals surface area contributed by atoms with Crippen LogP contribution in [0.2, 0.25) is 0 Å². The predicted octanol–water partition coefficient (Wildman–Crippen LogP) is 0.902. The van der Waals surface area contributed by atoms with Gasteiger partial charge in [-0.25, -0.2) is 0 Å². The summed E-state index contributed by atoms with van der Waals surface area (Å²) in [6.07, 6.45) is 1.70. The molecule has 1 aromatic heterocycles. The van der Waals surface area contributed by atoms with Gasteiger partial charge in [0.25, 0.3) is 11.5 Å². The third-order valence-corrected chi connectivity index (χ3v) is 3.03. The number of carbonyl (C=O) groups is 1. The van der Waals surface area contributed by atoms with Gasteiger partial charge in [0.05, 0.1) is 12.0 Å². The second-order valence-electron chi connectivity index (χ2n) is 4.48. The van der Waals surface area contributed by atoms with E-state index in [1.165, 1.54) is 0 Å². The number of hydrogen-bond donors (Lipinski definition) is 1. The number of nitrogens with zero attached hydrogens (tertiary/aromatic N) is 1. The molecule has 0 saturated heterocycles. The van der Waals surface area contributed by atoms with Gasteiger partial charge < -0.3 is 19.8 Å². The van der Waals surface area contributed by atoms with Gasteiger partial charge in [0.1, 0.15) is 5.75 Å². The molecule has 0 radical (unpaired) electrons. The van der Waals surface area contributed by atoms with Gasteiger partial charge >= 0.3 is 0 Å². The van der Waals surface area contributed by atoms with Gasteiger partial charge in [0, 0.05) is 24.7 Å². The predicted molar refractivity (Wildman–Crippen MR) is 79.4 cm³/mol. The van der Waals surface area contributed by atoms with E-state index >= 15 is 0 Å². The van der Waals surface area contributed by atoms with Crippen LogP contribution in [0.25, 0.3) is 10.8 Å². The van der Waals surface area contributed by atoms with Crippen LogP contribution in [-0.4, -0.2) is 30.3 Å². The van der Waals surface area contributed by atoms with E-state index in [4.69, 9.17) is 15.2 Å². The summed E-state index contributed by atoms with van der Waals surface area (Å²) in [5.74, 6) is -0.0857. The van der Waals surface area contributed by atoms with Gasteiger partial charge in [0.15, 0.2) is 6.61 Å². The van der Waals surface area contributed by atoms with Crippen molar-refractivity contribution in [3.63, 3.8) is 0 Å². The molecule has 0 spiro atoms. The quantitative estimate of drug-likeness (QED) is 0.768. The van der Waals surface area contributed by atoms with E-state index in [1.54, 1.807) is 35.0 Å². The first-order valence-electron chi connectivity index (χ1n) is 6.74. The summed E-state index contributed by atoms with van der Waals surface area (Å²) >= 11 is 0. The molecule has 6 nitrogen and oxygen atoms in total. The number of pyridine rings is 1. The Hall–Kier alpha value is -2.34. The maximum atomic E-state index is 12.4. The van der Waals surface area contributed by atoms with Crippen LogP contribution >= 0.6 is 0 Å². The van der Waals surface area contributed by atoms with Crippen LogP contribution in [0, 0.1) is 0 Å². The first-order chi connectivity index (χ1) is 10.1. The van der Waals surface area contributed by atoms with Gasteiger partial charge in [-0.2, -0.15) is 0 Å². The molecule has 1 aromatic carbocycles. The monoisotopic (exact) mass is 290 g/mol. The fourth-order valence-electron chi connectivity index (χ4n) is 2.05. The van der Waals surface area contributed by atoms with E-state index in [1.807, 2.05) is 6.92 Å². The van der Waals surface area contributed by atoms with Crippen LogP contribution in [-0.2, 0) is 16.1 Å². The standard InChI is InChI=1S/C15H18N2O4/c1-2-20-9-8-17-7-6-11-12(15(17)19)4-3-5-13(11)21-10-14(16)18/h3-7H,2,8-10H2,1H3,(H2,16,18). The lowest BCUT2D eigenvalue weighted by Crippen LogP contribution is -2.22. The summed E-state index contributed by atoms with van der Waals surface area (Å²) in [5.41, 5.74) is 4.95. The number of amides is 1. The molecule has 0 bridgehead atoms. The highest BCUT2D eigenvalue weighted by atomic mass is 16.5. The van der Waals surface area contributed by atoms with Crippen LogP contribution in [0.15, 0.2) is 35.3 Å². The Balaban J connectivity index is 2.33. The molecule has 0 saturated carbocycles. The molecule has 0 fully saturated rings. The van der Waals surface area contributed by atoms with Crippen LogP contribution < -0.4 is 16.0 Å². The molecule has 0 aliphatic heterocycles. The van der Waals surface area contributed by atoms with Crippen LogP contribution in [0.4, 0.5) is 0 Å². The summed E-state index contributed by atoms with van der Waals surface area (Å²) in [6, 6.07) is 6.94. The molecule has 2 aromatic rings. The molecule has 2 N–H and O–H groups in total. The number of fused-ring (bicyclic) bond motifs is 1. The van der Waals surface area contributed by atoms with E-state index in [0.29, 0.717) is 36.3 Å². The van der Waals surface area contributed by atoms with Crippen molar-refractivity contribution in [1.82, 2.24) is 4.57 Å². The van der Waals surface area contributed by atoms with Gasteiger partial charge in [0.2, 0.25) is 0 Å². The van der Waals surface area contributed by atoms with Gasteiger partial charge in [-0.05, 0) is 25.1 Å². The molecule has 0 aliphatic rings. The number of carbonyl (C=O) groups excluding carboxylic acids is 1. The first-order valence-corrected chi connectivity index (χ1v) is 6.74. The molecular weight excluding hydrogens is 272 g/mol. The first kappa shape index (κ1) is 15.1. The third-order valence-electron chi connectivity index (χ3n) is 3.03. The molecule has 6 heteroatoms. The fraction of sp³-hybridized carbons (Fsp3) is 0.333. The number of nitrogens with two attached hydrogens (primary N) is 1. The highest BCUT2D eigenvalue weighted by Gasteiger charge is 2.08. The minimum Gasteiger partial charge on any atom is -0.483 e. The van der Waals surface area contributed by atoms with Gasteiger partial charge in [-0.1, -0.05) is 6.07 Å². The SMILES string of the molecule is CCOCCn1ccc2c(OCC(N)=O)cccc2c1=O. The molecule has 2 rings (SSSR count). The largest absolute Gasteiger partial charge is 0.483 e. The number of primary amides is 1. The summed E-state index contributed by atoms with van der Waals surface area (Å²) in [5, 5.41) is 1.20.